The van der Waals surface area contributed by atoms with Crippen LogP contribution in [0.5, 0.6) is 0 Å². The maximum Gasteiger partial charge on any atom is -0.0386 e. The summed E-state index contributed by atoms with van der Waals surface area (Å²) in [6, 6.07) is 0. The molecule has 0 spiro atoms. The van der Waals surface area contributed by atoms with Crippen LogP contribution < -0.4 is 0 Å². The van der Waals surface area contributed by atoms with Crippen LogP contribution in [-0.2, 0) is 0 Å². The van der Waals surface area contributed by atoms with Gasteiger partial charge in [0.15, 0.2) is 0 Å². The Balaban J connectivity index is 0.526. The molecule has 364 valence electrons. The van der Waals surface area contributed by atoms with Crippen molar-refractivity contribution in [3.8, 4) is 0 Å². The van der Waals surface area contributed by atoms with E-state index in [1.165, 1.54) is 0 Å². The Kier molecular flexibility index (Phi) is 16.2. The van der Waals surface area contributed by atoms with Gasteiger partial charge in [-0.15, -0.1) is 0 Å². The zero-order valence-corrected chi connectivity index (χ0v) is 42.7. The van der Waals surface area contributed by atoms with Gasteiger partial charge in [0.2, 0.25) is 0 Å². The molecule has 0 bridgehead atoms. The first kappa shape index (κ1) is 46.4. The normalized spacial score (nSPS) is 48.6. The van der Waals surface area contributed by atoms with Crippen LogP contribution in [0.3, 0.4) is 0 Å². The molecule has 0 radical (unpaired) electrons. The number of hydrogen-bond donors (Lipinski definition) is 0. The van der Waals surface area contributed by atoms with Crippen molar-refractivity contribution >= 4 is 0 Å². The van der Waals surface area contributed by atoms with Crippen molar-refractivity contribution in [1.82, 2.24) is 0 Å². The third kappa shape index (κ3) is 11.1. The molecule has 11 fully saturated rings. The second kappa shape index (κ2) is 22.4. The van der Waals surface area contributed by atoms with E-state index in [0.717, 1.165) is 118 Å². The molecule has 0 atom stereocenters. The zero-order chi connectivity index (χ0) is 42.7. The summed E-state index contributed by atoms with van der Waals surface area (Å²) >= 11 is 0. The summed E-state index contributed by atoms with van der Waals surface area (Å²) in [5, 5.41) is 0. The smallest absolute Gasteiger partial charge is 0.0386 e. The molecule has 0 unspecified atom stereocenters. The van der Waals surface area contributed by atoms with Crippen LogP contribution in [0, 0.1) is 118 Å². The molecule has 11 aliphatic carbocycles. The first-order valence-corrected chi connectivity index (χ1v) is 31.7. The molecule has 11 rings (SSSR count). The third-order valence-electron chi connectivity index (χ3n) is 25.8. The van der Waals surface area contributed by atoms with Gasteiger partial charge in [0.1, 0.15) is 0 Å². The molecular weight excluding hydrogens is 769 g/mol. The standard InChI is InChI=1S/C64H108/c1-2-6-45(5-1)47-9-13-49(14-10-47)51-17-21-53(22-18-51)55-25-29-57(30-26-55)59-33-37-61(38-34-59)63-41-43-64(44-42-63)62-39-35-60(36-40-62)58-31-27-56(28-32-58)54-23-19-52(20-24-54)50-15-11-48(12-16-50)46-7-3-4-8-46/h45-64H,1-44H2. The lowest BCUT2D eigenvalue weighted by atomic mass is 9.60. The average molecular weight is 878 g/mol. The molecule has 0 aromatic heterocycles. The van der Waals surface area contributed by atoms with Crippen LogP contribution in [0.2, 0.25) is 0 Å². The molecule has 11 saturated carbocycles. The van der Waals surface area contributed by atoms with Gasteiger partial charge in [-0.25, -0.2) is 0 Å². The molecule has 0 N–H and O–H groups in total. The predicted molar refractivity (Wildman–Crippen MR) is 273 cm³/mol. The lowest BCUT2D eigenvalue weighted by Gasteiger charge is -2.45. The van der Waals surface area contributed by atoms with Crippen molar-refractivity contribution in [3.63, 3.8) is 0 Å². The first-order chi connectivity index (χ1) is 31.7. The Hall–Kier alpha value is 0. The van der Waals surface area contributed by atoms with Crippen LogP contribution in [-0.4, -0.2) is 0 Å². The Morgan fingerprint density at radius 2 is 0.141 bits per heavy atom. The molecule has 0 saturated heterocycles. The molecule has 0 nitrogen and oxygen atoms in total. The van der Waals surface area contributed by atoms with Crippen LogP contribution >= 0.6 is 0 Å². The van der Waals surface area contributed by atoms with E-state index in [4.69, 9.17) is 0 Å². The minimum absolute atomic E-state index is 1.10. The van der Waals surface area contributed by atoms with Crippen molar-refractivity contribution in [2.45, 2.75) is 283 Å². The van der Waals surface area contributed by atoms with Crippen LogP contribution in [0.4, 0.5) is 0 Å². The Labute approximate surface area is 399 Å². The largest absolute Gasteiger partial charge is 0.0530 e. The highest BCUT2D eigenvalue weighted by atomic mass is 14.5. The summed E-state index contributed by atoms with van der Waals surface area (Å²) < 4.78 is 0. The van der Waals surface area contributed by atoms with Crippen molar-refractivity contribution in [1.29, 1.82) is 0 Å². The summed E-state index contributed by atoms with van der Waals surface area (Å²) in [6.45, 7) is 0. The second-order valence-corrected chi connectivity index (χ2v) is 28.2. The van der Waals surface area contributed by atoms with Crippen LogP contribution in [0.15, 0.2) is 0 Å². The van der Waals surface area contributed by atoms with Gasteiger partial charge in [0.05, 0.1) is 0 Å². The summed E-state index contributed by atoms with van der Waals surface area (Å²) in [5.74, 6) is 22.2. The highest BCUT2D eigenvalue weighted by molar-refractivity contribution is 4.93. The van der Waals surface area contributed by atoms with E-state index in [1.54, 1.807) is 283 Å². The molecule has 0 heteroatoms. The molecular formula is C64H108. The van der Waals surface area contributed by atoms with Gasteiger partial charge >= 0.3 is 0 Å². The summed E-state index contributed by atoms with van der Waals surface area (Å²) in [6.07, 6.45) is 70.4. The topological polar surface area (TPSA) is 0 Å². The number of rotatable bonds is 10. The first-order valence-electron chi connectivity index (χ1n) is 31.7. The average Bonchev–Trinajstić information content (AvgIpc) is 4.14. The number of hydrogen-bond acceptors (Lipinski definition) is 0. The molecule has 11 aliphatic rings. The third-order valence-corrected chi connectivity index (χ3v) is 25.8. The molecule has 0 aromatic rings. The minimum Gasteiger partial charge on any atom is -0.0530 e. The maximum absolute atomic E-state index is 1.61. The summed E-state index contributed by atoms with van der Waals surface area (Å²) in [4.78, 5) is 0. The van der Waals surface area contributed by atoms with E-state index in [1.807, 2.05) is 0 Å². The van der Waals surface area contributed by atoms with Crippen molar-refractivity contribution < 1.29 is 0 Å². The monoisotopic (exact) mass is 877 g/mol. The second-order valence-electron chi connectivity index (χ2n) is 28.2. The Morgan fingerprint density at radius 1 is 0.0781 bits per heavy atom. The molecule has 0 amide bonds. The van der Waals surface area contributed by atoms with Gasteiger partial charge < -0.3 is 0 Å². The van der Waals surface area contributed by atoms with Crippen molar-refractivity contribution in [2.24, 2.45) is 118 Å². The predicted octanol–water partition coefficient (Wildman–Crippen LogP) is 19.6. The summed E-state index contributed by atoms with van der Waals surface area (Å²) in [7, 11) is 0. The van der Waals surface area contributed by atoms with Gasteiger partial charge in [-0.05, 0) is 350 Å². The fourth-order valence-corrected chi connectivity index (χ4v) is 21.6. The fourth-order valence-electron chi connectivity index (χ4n) is 21.6. The van der Waals surface area contributed by atoms with E-state index in [-0.39, 0.29) is 0 Å². The summed E-state index contributed by atoms with van der Waals surface area (Å²) in [5.41, 5.74) is 0. The van der Waals surface area contributed by atoms with Gasteiger partial charge in [0.25, 0.3) is 0 Å². The SMILES string of the molecule is C1CCC(C2CCC(C3CCC(C4CCC(C5CCC(C6CCC(C7CCC(C8CCC(C9CCC(C%10CCC(C%11CCCC%11)CC%10)CC9)CC8)CC7)CC6)CC5)CC4)CC3)CC2)C1. The van der Waals surface area contributed by atoms with E-state index >= 15 is 0 Å². The van der Waals surface area contributed by atoms with Gasteiger partial charge in [0, 0.05) is 0 Å². The van der Waals surface area contributed by atoms with Gasteiger partial charge in [-0.2, -0.15) is 0 Å². The van der Waals surface area contributed by atoms with Crippen LogP contribution in [0.25, 0.3) is 0 Å². The van der Waals surface area contributed by atoms with E-state index in [0.29, 0.717) is 0 Å². The maximum atomic E-state index is 1.61. The minimum atomic E-state index is 1.10. The fraction of sp³-hybridized carbons (Fsp3) is 1.00. The Bertz CT molecular complexity index is 1210. The quantitative estimate of drug-likeness (QED) is 0.205. The lowest BCUT2D eigenvalue weighted by Crippen LogP contribution is -2.34. The van der Waals surface area contributed by atoms with E-state index in [2.05, 4.69) is 0 Å². The molecule has 0 heterocycles. The Morgan fingerprint density at radius 3 is 0.219 bits per heavy atom. The van der Waals surface area contributed by atoms with Gasteiger partial charge in [-0.1, -0.05) is 51.4 Å². The van der Waals surface area contributed by atoms with E-state index < -0.39 is 0 Å². The van der Waals surface area contributed by atoms with Crippen molar-refractivity contribution in [2.75, 3.05) is 0 Å². The zero-order valence-electron chi connectivity index (χ0n) is 42.7. The van der Waals surface area contributed by atoms with Crippen LogP contribution in [0.1, 0.15) is 283 Å². The molecule has 0 aromatic carbocycles. The lowest BCUT2D eigenvalue weighted by molar-refractivity contribution is 0.0613. The molecule has 64 heavy (non-hydrogen) atoms. The van der Waals surface area contributed by atoms with Crippen molar-refractivity contribution in [3.05, 3.63) is 0 Å². The highest BCUT2D eigenvalue weighted by Crippen LogP contribution is 2.54. The van der Waals surface area contributed by atoms with E-state index in [9.17, 15) is 0 Å². The molecule has 0 aliphatic heterocycles. The highest BCUT2D eigenvalue weighted by Gasteiger charge is 2.42. The van der Waals surface area contributed by atoms with Gasteiger partial charge in [-0.3, -0.25) is 0 Å².